The smallest absolute Gasteiger partial charge is 0.261 e. The van der Waals surface area contributed by atoms with Gasteiger partial charge in [0.25, 0.3) is 15.9 Å². The standard InChI is InChI=1S/C24H23N3O4S/c1-2-23(28)27-15-14-17-16-18(12-13-22(17)27)24(29)25-20-10-6-7-11-21(20)26-32(30,31)19-8-4-3-5-9-19/h3-13,16,26H,2,14-15H2,1H3,(H,25,29). The molecule has 0 atom stereocenters. The van der Waals surface area contributed by atoms with Crippen molar-refractivity contribution < 1.29 is 18.0 Å². The zero-order valence-corrected chi connectivity index (χ0v) is 18.4. The Morgan fingerprint density at radius 3 is 2.34 bits per heavy atom. The van der Waals surface area contributed by atoms with Crippen molar-refractivity contribution in [3.05, 3.63) is 83.9 Å². The maximum atomic E-state index is 12.9. The van der Waals surface area contributed by atoms with Crippen LogP contribution < -0.4 is 14.9 Å². The predicted molar refractivity (Wildman–Crippen MR) is 124 cm³/mol. The highest BCUT2D eigenvalue weighted by Crippen LogP contribution is 2.30. The van der Waals surface area contributed by atoms with Crippen molar-refractivity contribution >= 4 is 38.9 Å². The molecule has 4 rings (SSSR count). The second-order valence-corrected chi connectivity index (χ2v) is 9.09. The molecule has 1 heterocycles. The Hall–Kier alpha value is -3.65. The molecule has 164 valence electrons. The first-order valence-electron chi connectivity index (χ1n) is 10.3. The van der Waals surface area contributed by atoms with Crippen LogP contribution in [0.15, 0.2) is 77.7 Å². The third-order valence-corrected chi connectivity index (χ3v) is 6.70. The molecule has 32 heavy (non-hydrogen) atoms. The van der Waals surface area contributed by atoms with Crippen molar-refractivity contribution in [2.24, 2.45) is 0 Å². The van der Waals surface area contributed by atoms with Crippen LogP contribution in [0.25, 0.3) is 0 Å². The molecule has 3 aromatic carbocycles. The van der Waals surface area contributed by atoms with Gasteiger partial charge in [-0.1, -0.05) is 37.3 Å². The van der Waals surface area contributed by atoms with E-state index in [0.717, 1.165) is 11.3 Å². The molecule has 0 aromatic heterocycles. The molecule has 1 aliphatic heterocycles. The topological polar surface area (TPSA) is 95.6 Å². The normalized spacial score (nSPS) is 12.8. The summed E-state index contributed by atoms with van der Waals surface area (Å²) in [6.45, 7) is 2.43. The van der Waals surface area contributed by atoms with E-state index in [1.54, 1.807) is 65.6 Å². The van der Waals surface area contributed by atoms with Gasteiger partial charge in [0.2, 0.25) is 5.91 Å². The van der Waals surface area contributed by atoms with Crippen LogP contribution in [0.5, 0.6) is 0 Å². The molecule has 0 radical (unpaired) electrons. The fraction of sp³-hybridized carbons (Fsp3) is 0.167. The van der Waals surface area contributed by atoms with Crippen molar-refractivity contribution in [1.29, 1.82) is 0 Å². The Balaban J connectivity index is 1.55. The van der Waals surface area contributed by atoms with Crippen LogP contribution in [0.1, 0.15) is 29.3 Å². The van der Waals surface area contributed by atoms with Crippen LogP contribution in [0, 0.1) is 0 Å². The molecule has 1 aliphatic rings. The van der Waals surface area contributed by atoms with E-state index in [9.17, 15) is 18.0 Å². The number of fused-ring (bicyclic) bond motifs is 1. The minimum atomic E-state index is -3.80. The largest absolute Gasteiger partial charge is 0.320 e. The maximum Gasteiger partial charge on any atom is 0.261 e. The van der Waals surface area contributed by atoms with E-state index < -0.39 is 10.0 Å². The van der Waals surface area contributed by atoms with E-state index in [1.807, 2.05) is 6.92 Å². The lowest BCUT2D eigenvalue weighted by Gasteiger charge is -2.17. The zero-order chi connectivity index (χ0) is 22.7. The van der Waals surface area contributed by atoms with Gasteiger partial charge >= 0.3 is 0 Å². The van der Waals surface area contributed by atoms with Crippen molar-refractivity contribution in [3.63, 3.8) is 0 Å². The van der Waals surface area contributed by atoms with E-state index in [2.05, 4.69) is 10.0 Å². The molecule has 8 heteroatoms. The summed E-state index contributed by atoms with van der Waals surface area (Å²) in [5.74, 6) is -0.306. The highest BCUT2D eigenvalue weighted by Gasteiger charge is 2.24. The molecule has 0 saturated heterocycles. The van der Waals surface area contributed by atoms with E-state index in [4.69, 9.17) is 0 Å². The van der Waals surface area contributed by atoms with Gasteiger partial charge in [-0.25, -0.2) is 8.42 Å². The highest BCUT2D eigenvalue weighted by atomic mass is 32.2. The summed E-state index contributed by atoms with van der Waals surface area (Å²) < 4.78 is 27.9. The first-order valence-corrected chi connectivity index (χ1v) is 11.8. The number of hydrogen-bond acceptors (Lipinski definition) is 4. The Bertz CT molecular complexity index is 1270. The summed E-state index contributed by atoms with van der Waals surface area (Å²) >= 11 is 0. The van der Waals surface area contributed by atoms with Crippen LogP contribution in [-0.4, -0.2) is 26.8 Å². The summed E-state index contributed by atoms with van der Waals surface area (Å²) in [4.78, 5) is 26.9. The van der Waals surface area contributed by atoms with Crippen LogP contribution >= 0.6 is 0 Å². The first-order chi connectivity index (χ1) is 15.4. The first kappa shape index (κ1) is 21.6. The number of rotatable bonds is 6. The third-order valence-electron chi connectivity index (χ3n) is 5.31. The van der Waals surface area contributed by atoms with Gasteiger partial charge in [0.1, 0.15) is 0 Å². The fourth-order valence-electron chi connectivity index (χ4n) is 3.67. The second-order valence-electron chi connectivity index (χ2n) is 7.41. The zero-order valence-electron chi connectivity index (χ0n) is 17.5. The molecule has 2 N–H and O–H groups in total. The molecule has 0 saturated carbocycles. The quantitative estimate of drug-likeness (QED) is 0.594. The summed E-state index contributed by atoms with van der Waals surface area (Å²) in [6.07, 6.45) is 1.12. The monoisotopic (exact) mass is 449 g/mol. The molecule has 2 amide bonds. The van der Waals surface area contributed by atoms with Gasteiger partial charge in [-0.05, 0) is 54.4 Å². The SMILES string of the molecule is CCC(=O)N1CCc2cc(C(=O)Nc3ccccc3NS(=O)(=O)c3ccccc3)ccc21. The van der Waals surface area contributed by atoms with Crippen LogP contribution in [-0.2, 0) is 21.2 Å². The number of benzene rings is 3. The molecule has 0 bridgehead atoms. The van der Waals surface area contributed by atoms with E-state index in [-0.39, 0.29) is 22.4 Å². The van der Waals surface area contributed by atoms with Gasteiger partial charge in [0.15, 0.2) is 0 Å². The van der Waals surface area contributed by atoms with E-state index in [0.29, 0.717) is 30.6 Å². The maximum absolute atomic E-state index is 12.9. The number of carbonyl (C=O) groups is 2. The lowest BCUT2D eigenvalue weighted by molar-refractivity contribution is -0.118. The van der Waals surface area contributed by atoms with Gasteiger partial charge < -0.3 is 10.2 Å². The predicted octanol–water partition coefficient (Wildman–Crippen LogP) is 4.04. The van der Waals surface area contributed by atoms with Gasteiger partial charge in [-0.15, -0.1) is 0 Å². The Morgan fingerprint density at radius 1 is 0.938 bits per heavy atom. The Morgan fingerprint density at radius 2 is 1.62 bits per heavy atom. The van der Waals surface area contributed by atoms with Gasteiger partial charge in [-0.2, -0.15) is 0 Å². The van der Waals surface area contributed by atoms with Gasteiger partial charge in [-0.3, -0.25) is 14.3 Å². The molecule has 0 unspecified atom stereocenters. The lowest BCUT2D eigenvalue weighted by atomic mass is 10.1. The van der Waals surface area contributed by atoms with Crippen LogP contribution in [0.3, 0.4) is 0 Å². The minimum Gasteiger partial charge on any atom is -0.320 e. The summed E-state index contributed by atoms with van der Waals surface area (Å²) in [7, 11) is -3.80. The van der Waals surface area contributed by atoms with Crippen LogP contribution in [0.2, 0.25) is 0 Å². The van der Waals surface area contributed by atoms with E-state index >= 15 is 0 Å². The summed E-state index contributed by atoms with van der Waals surface area (Å²) in [6, 6.07) is 19.9. The molecule has 3 aromatic rings. The number of nitrogens with zero attached hydrogens (tertiary/aromatic N) is 1. The minimum absolute atomic E-state index is 0.0561. The van der Waals surface area contributed by atoms with Crippen molar-refractivity contribution in [1.82, 2.24) is 0 Å². The molecule has 0 aliphatic carbocycles. The van der Waals surface area contributed by atoms with Crippen LogP contribution in [0.4, 0.5) is 17.1 Å². The van der Waals surface area contributed by atoms with Crippen molar-refractivity contribution in [2.45, 2.75) is 24.7 Å². The number of para-hydroxylation sites is 2. The van der Waals surface area contributed by atoms with Gasteiger partial charge in [0.05, 0.1) is 16.3 Å². The molecular weight excluding hydrogens is 426 g/mol. The number of hydrogen-bond donors (Lipinski definition) is 2. The average molecular weight is 450 g/mol. The Kier molecular flexibility index (Phi) is 5.96. The number of nitrogens with one attached hydrogen (secondary N) is 2. The van der Waals surface area contributed by atoms with E-state index in [1.165, 1.54) is 12.1 Å². The number of sulfonamides is 1. The number of amides is 2. The highest BCUT2D eigenvalue weighted by molar-refractivity contribution is 7.92. The Labute approximate surface area is 187 Å². The van der Waals surface area contributed by atoms with Crippen molar-refractivity contribution in [2.75, 3.05) is 21.5 Å². The van der Waals surface area contributed by atoms with Gasteiger partial charge in [0, 0.05) is 24.2 Å². The lowest BCUT2D eigenvalue weighted by Crippen LogP contribution is -2.27. The number of carbonyl (C=O) groups excluding carboxylic acids is 2. The molecular formula is C24H23N3O4S. The molecule has 7 nitrogen and oxygen atoms in total. The summed E-state index contributed by atoms with van der Waals surface area (Å²) in [5.41, 5.74) is 2.84. The average Bonchev–Trinajstić information content (AvgIpc) is 3.23. The fourth-order valence-corrected chi connectivity index (χ4v) is 4.77. The van der Waals surface area contributed by atoms with Crippen molar-refractivity contribution in [3.8, 4) is 0 Å². The third kappa shape index (κ3) is 4.36. The number of anilines is 3. The summed E-state index contributed by atoms with van der Waals surface area (Å²) in [5, 5.41) is 2.79. The second kappa shape index (κ2) is 8.84. The molecule has 0 fully saturated rings. The molecule has 0 spiro atoms.